The largest absolute Gasteiger partial charge is 0.419 e. The van der Waals surface area contributed by atoms with Crippen molar-refractivity contribution in [1.29, 1.82) is 0 Å². The van der Waals surface area contributed by atoms with Gasteiger partial charge in [0.2, 0.25) is 26.6 Å². The van der Waals surface area contributed by atoms with Crippen LogP contribution in [0.25, 0.3) is 11.5 Å². The first-order valence-electron chi connectivity index (χ1n) is 10.8. The second-order valence-electron chi connectivity index (χ2n) is 7.72. The van der Waals surface area contributed by atoms with Crippen molar-refractivity contribution in [3.05, 3.63) is 83.9 Å². The Morgan fingerprint density at radius 3 is 2.26 bits per heavy atom. The van der Waals surface area contributed by atoms with Gasteiger partial charge in [-0.2, -0.15) is 4.98 Å². The van der Waals surface area contributed by atoms with E-state index in [2.05, 4.69) is 15.2 Å². The number of aromatic nitrogens is 1. The van der Waals surface area contributed by atoms with Crippen LogP contribution >= 0.6 is 11.6 Å². The summed E-state index contributed by atoms with van der Waals surface area (Å²) in [6, 6.07) is 22.8. The van der Waals surface area contributed by atoms with Gasteiger partial charge in [0.05, 0.1) is 28.7 Å². The van der Waals surface area contributed by atoms with Gasteiger partial charge in [0.25, 0.3) is 0 Å². The van der Waals surface area contributed by atoms with Crippen LogP contribution < -0.4 is 10.2 Å². The van der Waals surface area contributed by atoms with E-state index in [4.69, 9.17) is 20.8 Å². The van der Waals surface area contributed by atoms with Crippen LogP contribution in [-0.4, -0.2) is 39.7 Å². The van der Waals surface area contributed by atoms with Gasteiger partial charge < -0.3 is 19.4 Å². The molecule has 0 atom stereocenters. The topological polar surface area (TPSA) is 84.7 Å². The molecule has 2 heterocycles. The summed E-state index contributed by atoms with van der Waals surface area (Å²) >= 11 is 6.32. The molecule has 0 spiro atoms. The van der Waals surface area contributed by atoms with Gasteiger partial charge in [0.15, 0.2) is 0 Å². The predicted molar refractivity (Wildman–Crippen MR) is 132 cm³/mol. The first-order chi connectivity index (χ1) is 16.5. The lowest BCUT2D eigenvalue weighted by molar-refractivity contribution is 0.122. The fourth-order valence-corrected chi connectivity index (χ4v) is 5.23. The molecule has 4 aromatic rings. The average Bonchev–Trinajstić information content (AvgIpc) is 3.30. The zero-order chi connectivity index (χ0) is 23.5. The number of halogens is 1. The molecule has 0 radical (unpaired) electrons. The van der Waals surface area contributed by atoms with Crippen LogP contribution in [0.3, 0.4) is 0 Å². The number of hydrogen-bond acceptors (Lipinski definition) is 7. The Labute approximate surface area is 202 Å². The number of ether oxygens (including phenoxy) is 1. The standard InChI is InChI=1S/C25H22ClN3O4S/c26-22-9-5-4-8-21(22)23-28-25(34(30,31)20-6-2-1-3-7-20)24(33-23)27-18-10-12-19(13-11-18)29-14-16-32-17-15-29/h1-13,27H,14-17H2. The number of oxazole rings is 1. The van der Waals surface area contributed by atoms with E-state index in [1.54, 1.807) is 42.5 Å². The van der Waals surface area contributed by atoms with Gasteiger partial charge in [-0.3, -0.25) is 0 Å². The van der Waals surface area contributed by atoms with Crippen molar-refractivity contribution >= 4 is 38.7 Å². The van der Waals surface area contributed by atoms with Crippen LogP contribution in [0, 0.1) is 0 Å². The highest BCUT2D eigenvalue weighted by molar-refractivity contribution is 7.91. The number of hydrogen-bond donors (Lipinski definition) is 1. The summed E-state index contributed by atoms with van der Waals surface area (Å²) in [6.45, 7) is 3.05. The normalized spacial score (nSPS) is 14.2. The van der Waals surface area contributed by atoms with Gasteiger partial charge in [-0.05, 0) is 48.5 Å². The summed E-state index contributed by atoms with van der Waals surface area (Å²) in [5.41, 5.74) is 2.24. The number of nitrogens with one attached hydrogen (secondary N) is 1. The molecule has 1 aromatic heterocycles. The molecule has 0 saturated carbocycles. The van der Waals surface area contributed by atoms with Gasteiger partial charge in [-0.25, -0.2) is 8.42 Å². The zero-order valence-corrected chi connectivity index (χ0v) is 19.7. The fourth-order valence-electron chi connectivity index (χ4n) is 3.74. The van der Waals surface area contributed by atoms with Crippen molar-refractivity contribution < 1.29 is 17.6 Å². The van der Waals surface area contributed by atoms with Gasteiger partial charge in [-0.15, -0.1) is 0 Å². The van der Waals surface area contributed by atoms with Crippen LogP contribution in [0.4, 0.5) is 17.3 Å². The van der Waals surface area contributed by atoms with E-state index in [1.807, 2.05) is 24.3 Å². The Bertz CT molecular complexity index is 1380. The quantitative estimate of drug-likeness (QED) is 0.383. The number of sulfone groups is 1. The van der Waals surface area contributed by atoms with Gasteiger partial charge in [0.1, 0.15) is 0 Å². The van der Waals surface area contributed by atoms with Gasteiger partial charge in [0, 0.05) is 24.5 Å². The molecule has 1 N–H and O–H groups in total. The lowest BCUT2D eigenvalue weighted by atomic mass is 10.2. The van der Waals surface area contributed by atoms with Crippen molar-refractivity contribution in [3.63, 3.8) is 0 Å². The molecule has 7 nitrogen and oxygen atoms in total. The molecule has 3 aromatic carbocycles. The smallest absolute Gasteiger partial charge is 0.238 e. The summed E-state index contributed by atoms with van der Waals surface area (Å²) in [5, 5.41) is 3.30. The highest BCUT2D eigenvalue weighted by Crippen LogP contribution is 2.36. The molecule has 0 bridgehead atoms. The Hall–Kier alpha value is -3.33. The van der Waals surface area contributed by atoms with Gasteiger partial charge in [-0.1, -0.05) is 41.9 Å². The summed E-state index contributed by atoms with van der Waals surface area (Å²) < 4.78 is 38.2. The third kappa shape index (κ3) is 4.52. The van der Waals surface area contributed by atoms with Crippen LogP contribution in [0.2, 0.25) is 5.02 Å². The van der Waals surface area contributed by atoms with Crippen molar-refractivity contribution in [2.24, 2.45) is 0 Å². The van der Waals surface area contributed by atoms with E-state index in [9.17, 15) is 8.42 Å². The Kier molecular flexibility index (Phi) is 6.28. The molecule has 5 rings (SSSR count). The van der Waals surface area contributed by atoms with E-state index in [0.717, 1.165) is 18.8 Å². The van der Waals surface area contributed by atoms with Crippen molar-refractivity contribution in [2.75, 3.05) is 36.5 Å². The first-order valence-corrected chi connectivity index (χ1v) is 12.6. The summed E-state index contributed by atoms with van der Waals surface area (Å²) in [4.78, 5) is 6.72. The van der Waals surface area contributed by atoms with Crippen molar-refractivity contribution in [3.8, 4) is 11.5 Å². The van der Waals surface area contributed by atoms with Crippen LogP contribution in [-0.2, 0) is 14.6 Å². The third-order valence-corrected chi connectivity index (χ3v) is 7.52. The highest BCUT2D eigenvalue weighted by atomic mass is 35.5. The third-order valence-electron chi connectivity index (χ3n) is 5.51. The Morgan fingerprint density at radius 1 is 0.882 bits per heavy atom. The molecule has 174 valence electrons. The van der Waals surface area contributed by atoms with Crippen LogP contribution in [0.15, 0.2) is 93.2 Å². The maximum absolute atomic E-state index is 13.4. The Morgan fingerprint density at radius 2 is 1.56 bits per heavy atom. The van der Waals surface area contributed by atoms with Crippen LogP contribution in [0.5, 0.6) is 0 Å². The van der Waals surface area contributed by atoms with E-state index >= 15 is 0 Å². The number of nitrogens with zero attached hydrogens (tertiary/aromatic N) is 2. The molecular weight excluding hydrogens is 474 g/mol. The summed E-state index contributed by atoms with van der Waals surface area (Å²) in [5.74, 6) is 0.144. The number of morpholine rings is 1. The number of anilines is 3. The molecule has 0 aliphatic carbocycles. The molecule has 0 unspecified atom stereocenters. The first kappa shape index (κ1) is 22.5. The lowest BCUT2D eigenvalue weighted by Gasteiger charge is -2.28. The predicted octanol–water partition coefficient (Wildman–Crippen LogP) is 5.41. The molecule has 1 aliphatic heterocycles. The second kappa shape index (κ2) is 9.50. The van der Waals surface area contributed by atoms with Gasteiger partial charge >= 0.3 is 0 Å². The fraction of sp³-hybridized carbons (Fsp3) is 0.160. The minimum absolute atomic E-state index is 0.0258. The number of rotatable bonds is 6. The summed E-state index contributed by atoms with van der Waals surface area (Å²) in [7, 11) is -3.95. The minimum Gasteiger partial charge on any atom is -0.419 e. The zero-order valence-electron chi connectivity index (χ0n) is 18.1. The van der Waals surface area contributed by atoms with Crippen LogP contribution in [0.1, 0.15) is 0 Å². The maximum Gasteiger partial charge on any atom is 0.238 e. The van der Waals surface area contributed by atoms with E-state index < -0.39 is 9.84 Å². The SMILES string of the molecule is O=S(=O)(c1ccccc1)c1nc(-c2ccccc2Cl)oc1Nc1ccc(N2CCOCC2)cc1. The summed E-state index contributed by atoms with van der Waals surface area (Å²) in [6.07, 6.45) is 0. The number of benzene rings is 3. The second-order valence-corrected chi connectivity index (χ2v) is 9.99. The highest BCUT2D eigenvalue weighted by Gasteiger charge is 2.29. The Balaban J connectivity index is 1.52. The molecule has 1 saturated heterocycles. The van der Waals surface area contributed by atoms with E-state index in [-0.39, 0.29) is 21.7 Å². The molecule has 34 heavy (non-hydrogen) atoms. The van der Waals surface area contributed by atoms with Crippen molar-refractivity contribution in [2.45, 2.75) is 9.92 Å². The average molecular weight is 496 g/mol. The molecular formula is C25H22ClN3O4S. The lowest BCUT2D eigenvalue weighted by Crippen LogP contribution is -2.36. The van der Waals surface area contributed by atoms with Crippen molar-refractivity contribution in [1.82, 2.24) is 4.98 Å². The van der Waals surface area contributed by atoms with E-state index in [0.29, 0.717) is 29.5 Å². The molecule has 1 aliphatic rings. The monoisotopic (exact) mass is 495 g/mol. The molecule has 0 amide bonds. The van der Waals surface area contributed by atoms with E-state index in [1.165, 1.54) is 12.1 Å². The minimum atomic E-state index is -3.95. The molecule has 1 fully saturated rings. The molecule has 9 heteroatoms. The maximum atomic E-state index is 13.4.